The summed E-state index contributed by atoms with van der Waals surface area (Å²) in [6.07, 6.45) is 7.01. The van der Waals surface area contributed by atoms with Gasteiger partial charge in [-0.05, 0) is 43.2 Å². The van der Waals surface area contributed by atoms with E-state index < -0.39 is 0 Å². The monoisotopic (exact) mass is 232 g/mol. The molecule has 2 heteroatoms. The van der Waals surface area contributed by atoms with Crippen LogP contribution in [0.2, 0.25) is 0 Å². The summed E-state index contributed by atoms with van der Waals surface area (Å²) in [4.78, 5) is 4.35. The van der Waals surface area contributed by atoms with Crippen molar-refractivity contribution in [1.82, 2.24) is 10.3 Å². The summed E-state index contributed by atoms with van der Waals surface area (Å²) in [7, 11) is 0. The topological polar surface area (TPSA) is 24.9 Å². The van der Waals surface area contributed by atoms with Crippen molar-refractivity contribution in [3.63, 3.8) is 0 Å². The van der Waals surface area contributed by atoms with Gasteiger partial charge in [0, 0.05) is 30.9 Å². The number of rotatable bonds is 4. The molecule has 1 aliphatic carbocycles. The van der Waals surface area contributed by atoms with Crippen LogP contribution < -0.4 is 5.32 Å². The fraction of sp³-hybridized carbons (Fsp3) is 0.667. The number of hydrogen-bond donors (Lipinski definition) is 1. The Morgan fingerprint density at radius 2 is 2.18 bits per heavy atom. The molecule has 2 nitrogen and oxygen atoms in total. The third kappa shape index (κ3) is 3.81. The first-order chi connectivity index (χ1) is 8.25. The first kappa shape index (κ1) is 12.6. The fourth-order valence-electron chi connectivity index (χ4n) is 2.90. The van der Waals surface area contributed by atoms with Gasteiger partial charge in [0.05, 0.1) is 0 Å². The van der Waals surface area contributed by atoms with E-state index in [1.165, 1.54) is 25.0 Å². The van der Waals surface area contributed by atoms with Crippen LogP contribution in [0.3, 0.4) is 0 Å². The minimum Gasteiger partial charge on any atom is -0.313 e. The van der Waals surface area contributed by atoms with Gasteiger partial charge in [-0.15, -0.1) is 0 Å². The lowest BCUT2D eigenvalue weighted by atomic mass is 9.80. The van der Waals surface area contributed by atoms with Gasteiger partial charge >= 0.3 is 0 Å². The third-order valence-electron chi connectivity index (χ3n) is 3.95. The van der Waals surface area contributed by atoms with E-state index >= 15 is 0 Å². The van der Waals surface area contributed by atoms with Crippen LogP contribution in [-0.4, -0.2) is 17.6 Å². The van der Waals surface area contributed by atoms with Gasteiger partial charge in [-0.2, -0.15) is 0 Å². The lowest BCUT2D eigenvalue weighted by molar-refractivity contribution is 0.229. The second-order valence-electron chi connectivity index (χ2n) is 5.53. The van der Waals surface area contributed by atoms with Crippen molar-refractivity contribution < 1.29 is 0 Å². The molecular weight excluding hydrogens is 208 g/mol. The summed E-state index contributed by atoms with van der Waals surface area (Å²) >= 11 is 0. The molecule has 1 aromatic rings. The fourth-order valence-corrected chi connectivity index (χ4v) is 2.90. The van der Waals surface area contributed by atoms with Gasteiger partial charge in [0.25, 0.3) is 0 Å². The Balaban J connectivity index is 1.72. The van der Waals surface area contributed by atoms with Gasteiger partial charge in [0.1, 0.15) is 0 Å². The molecule has 1 aliphatic rings. The highest BCUT2D eigenvalue weighted by molar-refractivity contribution is 5.03. The quantitative estimate of drug-likeness (QED) is 0.863. The van der Waals surface area contributed by atoms with E-state index in [1.807, 2.05) is 12.3 Å². The normalized spacial score (nSPS) is 29.2. The molecule has 0 amide bonds. The van der Waals surface area contributed by atoms with Crippen molar-refractivity contribution in [1.29, 1.82) is 0 Å². The highest BCUT2D eigenvalue weighted by atomic mass is 14.9. The maximum absolute atomic E-state index is 4.35. The van der Waals surface area contributed by atoms with E-state index in [-0.39, 0.29) is 0 Å². The highest BCUT2D eigenvalue weighted by Gasteiger charge is 2.24. The van der Waals surface area contributed by atoms with Crippen molar-refractivity contribution in [3.05, 3.63) is 30.1 Å². The van der Waals surface area contributed by atoms with Crippen molar-refractivity contribution in [2.75, 3.05) is 6.54 Å². The number of aromatic nitrogens is 1. The first-order valence-corrected chi connectivity index (χ1v) is 6.89. The smallest absolute Gasteiger partial charge is 0.0416 e. The lowest BCUT2D eigenvalue weighted by Gasteiger charge is -2.33. The van der Waals surface area contributed by atoms with Crippen molar-refractivity contribution in [2.24, 2.45) is 11.8 Å². The summed E-state index contributed by atoms with van der Waals surface area (Å²) in [6, 6.07) is 6.86. The van der Waals surface area contributed by atoms with Crippen LogP contribution in [0.15, 0.2) is 24.4 Å². The molecule has 0 saturated heterocycles. The zero-order chi connectivity index (χ0) is 12.1. The summed E-state index contributed by atoms with van der Waals surface area (Å²) < 4.78 is 0. The zero-order valence-electron chi connectivity index (χ0n) is 11.0. The summed E-state index contributed by atoms with van der Waals surface area (Å²) in [5.74, 6) is 1.74. The standard InChI is InChI=1S/C15H24N2/c1-12-6-7-15(13(2)11-12)17-10-8-14-5-3-4-9-16-14/h3-5,9,12-13,15,17H,6-8,10-11H2,1-2H3. The summed E-state index contributed by atoms with van der Waals surface area (Å²) in [5, 5.41) is 3.70. The Hall–Kier alpha value is -0.890. The first-order valence-electron chi connectivity index (χ1n) is 6.89. The van der Waals surface area contributed by atoms with Crippen molar-refractivity contribution in [3.8, 4) is 0 Å². The van der Waals surface area contributed by atoms with E-state index in [1.54, 1.807) is 0 Å². The van der Waals surface area contributed by atoms with E-state index in [0.717, 1.165) is 30.8 Å². The minimum atomic E-state index is 0.718. The minimum absolute atomic E-state index is 0.718. The molecule has 17 heavy (non-hydrogen) atoms. The Morgan fingerprint density at radius 1 is 1.29 bits per heavy atom. The molecule has 2 rings (SSSR count). The molecule has 0 bridgehead atoms. The molecule has 0 radical (unpaired) electrons. The highest BCUT2D eigenvalue weighted by Crippen LogP contribution is 2.28. The summed E-state index contributed by atoms with van der Waals surface area (Å²) in [5.41, 5.74) is 1.19. The zero-order valence-corrected chi connectivity index (χ0v) is 11.0. The van der Waals surface area contributed by atoms with E-state index in [2.05, 4.69) is 36.3 Å². The van der Waals surface area contributed by atoms with Gasteiger partial charge in [-0.1, -0.05) is 19.9 Å². The Kier molecular flexibility index (Phi) is 4.55. The molecule has 0 aromatic carbocycles. The Labute approximate surface area is 105 Å². The number of hydrogen-bond acceptors (Lipinski definition) is 2. The summed E-state index contributed by atoms with van der Waals surface area (Å²) in [6.45, 7) is 5.81. The van der Waals surface area contributed by atoms with E-state index in [0.29, 0.717) is 0 Å². The van der Waals surface area contributed by atoms with Gasteiger partial charge in [0.2, 0.25) is 0 Å². The second kappa shape index (κ2) is 6.15. The van der Waals surface area contributed by atoms with E-state index in [4.69, 9.17) is 0 Å². The number of nitrogens with one attached hydrogen (secondary N) is 1. The number of nitrogens with zero attached hydrogens (tertiary/aromatic N) is 1. The maximum Gasteiger partial charge on any atom is 0.0416 e. The molecule has 1 aromatic heterocycles. The van der Waals surface area contributed by atoms with Crippen LogP contribution >= 0.6 is 0 Å². The lowest BCUT2D eigenvalue weighted by Crippen LogP contribution is -2.40. The molecule has 3 atom stereocenters. The second-order valence-corrected chi connectivity index (χ2v) is 5.53. The van der Waals surface area contributed by atoms with Gasteiger partial charge < -0.3 is 5.32 Å². The van der Waals surface area contributed by atoms with Gasteiger partial charge in [-0.25, -0.2) is 0 Å². The Morgan fingerprint density at radius 3 is 2.88 bits per heavy atom. The number of pyridine rings is 1. The molecule has 1 N–H and O–H groups in total. The molecule has 3 unspecified atom stereocenters. The van der Waals surface area contributed by atoms with Gasteiger partial charge in [-0.3, -0.25) is 4.98 Å². The van der Waals surface area contributed by atoms with Crippen LogP contribution in [0.1, 0.15) is 38.8 Å². The van der Waals surface area contributed by atoms with Crippen molar-refractivity contribution >= 4 is 0 Å². The van der Waals surface area contributed by atoms with Crippen LogP contribution in [0.25, 0.3) is 0 Å². The maximum atomic E-state index is 4.35. The largest absolute Gasteiger partial charge is 0.313 e. The third-order valence-corrected chi connectivity index (χ3v) is 3.95. The van der Waals surface area contributed by atoms with Crippen LogP contribution in [0.4, 0.5) is 0 Å². The predicted molar refractivity (Wildman–Crippen MR) is 71.9 cm³/mol. The van der Waals surface area contributed by atoms with Crippen LogP contribution in [0, 0.1) is 11.8 Å². The van der Waals surface area contributed by atoms with Crippen LogP contribution in [-0.2, 0) is 6.42 Å². The molecule has 0 aliphatic heterocycles. The predicted octanol–water partition coefficient (Wildman–Crippen LogP) is 3.04. The molecule has 1 fully saturated rings. The molecule has 0 spiro atoms. The average molecular weight is 232 g/mol. The Bertz CT molecular complexity index is 323. The SMILES string of the molecule is CC1CCC(NCCc2ccccn2)C(C)C1. The molecule has 1 saturated carbocycles. The molecule has 94 valence electrons. The average Bonchev–Trinajstić information content (AvgIpc) is 2.33. The van der Waals surface area contributed by atoms with E-state index in [9.17, 15) is 0 Å². The van der Waals surface area contributed by atoms with Crippen molar-refractivity contribution in [2.45, 2.75) is 45.6 Å². The van der Waals surface area contributed by atoms with Crippen LogP contribution in [0.5, 0.6) is 0 Å². The molecule has 1 heterocycles. The van der Waals surface area contributed by atoms with Gasteiger partial charge in [0.15, 0.2) is 0 Å². The molecular formula is C15H24N2.